The van der Waals surface area contributed by atoms with Crippen LogP contribution in [-0.2, 0) is 10.0 Å². The van der Waals surface area contributed by atoms with Crippen LogP contribution in [0.2, 0.25) is 0 Å². The fourth-order valence-electron chi connectivity index (χ4n) is 2.59. The summed E-state index contributed by atoms with van der Waals surface area (Å²) in [4.78, 5) is 2.43. The van der Waals surface area contributed by atoms with Gasteiger partial charge in [-0.25, -0.2) is 12.7 Å². The third kappa shape index (κ3) is 2.70. The molecule has 0 amide bonds. The smallest absolute Gasteiger partial charge is 0.215 e. The summed E-state index contributed by atoms with van der Waals surface area (Å²) in [6, 6.07) is 0.438. The van der Waals surface area contributed by atoms with Crippen LogP contribution in [0.4, 0.5) is 0 Å². The molecular formula is C10H19ClN2O2S. The highest BCUT2D eigenvalue weighted by atomic mass is 35.5. The summed E-state index contributed by atoms with van der Waals surface area (Å²) >= 11 is 5.51. The second-order valence-corrected chi connectivity index (χ2v) is 7.02. The summed E-state index contributed by atoms with van der Waals surface area (Å²) in [6.45, 7) is 3.60. The fraction of sp³-hybridized carbons (Fsp3) is 1.00. The molecule has 16 heavy (non-hydrogen) atoms. The van der Waals surface area contributed by atoms with E-state index in [2.05, 4.69) is 4.90 Å². The zero-order valence-corrected chi connectivity index (χ0v) is 11.0. The first kappa shape index (κ1) is 12.6. The van der Waals surface area contributed by atoms with Crippen LogP contribution in [0.5, 0.6) is 0 Å². The van der Waals surface area contributed by atoms with E-state index < -0.39 is 10.0 Å². The molecular weight excluding hydrogens is 248 g/mol. The first-order chi connectivity index (χ1) is 7.63. The zero-order chi connectivity index (χ0) is 11.6. The Labute approximate surface area is 103 Å². The molecule has 4 nitrogen and oxygen atoms in total. The Morgan fingerprint density at radius 1 is 1.19 bits per heavy atom. The summed E-state index contributed by atoms with van der Waals surface area (Å²) < 4.78 is 25.2. The average Bonchev–Trinajstić information content (AvgIpc) is 2.89. The monoisotopic (exact) mass is 266 g/mol. The molecule has 2 fully saturated rings. The van der Waals surface area contributed by atoms with E-state index in [1.54, 1.807) is 4.31 Å². The lowest BCUT2D eigenvalue weighted by atomic mass is 10.2. The molecule has 2 rings (SSSR count). The fourth-order valence-corrected chi connectivity index (χ4v) is 4.42. The number of nitrogens with zero attached hydrogens (tertiary/aromatic N) is 2. The third-order valence-electron chi connectivity index (χ3n) is 3.51. The Hall–Kier alpha value is 0.160. The van der Waals surface area contributed by atoms with Crippen LogP contribution in [0.3, 0.4) is 0 Å². The van der Waals surface area contributed by atoms with Gasteiger partial charge >= 0.3 is 0 Å². The van der Waals surface area contributed by atoms with Gasteiger partial charge in [0.2, 0.25) is 10.0 Å². The van der Waals surface area contributed by atoms with E-state index in [4.69, 9.17) is 11.6 Å². The van der Waals surface area contributed by atoms with Gasteiger partial charge in [-0.2, -0.15) is 0 Å². The van der Waals surface area contributed by atoms with E-state index in [-0.39, 0.29) is 11.6 Å². The van der Waals surface area contributed by atoms with Crippen molar-refractivity contribution in [3.05, 3.63) is 0 Å². The summed E-state index contributed by atoms with van der Waals surface area (Å²) in [5.74, 6) is 0.258. The maximum absolute atomic E-state index is 11.8. The number of rotatable bonds is 4. The second-order valence-electron chi connectivity index (χ2n) is 4.55. The van der Waals surface area contributed by atoms with Crippen molar-refractivity contribution < 1.29 is 8.42 Å². The lowest BCUT2D eigenvalue weighted by molar-refractivity contribution is 0.251. The summed E-state index contributed by atoms with van der Waals surface area (Å²) in [7, 11) is -3.10. The Morgan fingerprint density at radius 2 is 1.88 bits per heavy atom. The van der Waals surface area contributed by atoms with Crippen molar-refractivity contribution in [1.29, 1.82) is 0 Å². The maximum atomic E-state index is 11.8. The molecule has 1 atom stereocenters. The predicted molar refractivity (Wildman–Crippen MR) is 65.3 cm³/mol. The molecule has 0 spiro atoms. The number of halogens is 1. The van der Waals surface area contributed by atoms with Crippen LogP contribution in [0.1, 0.15) is 19.3 Å². The number of sulfonamides is 1. The van der Waals surface area contributed by atoms with Gasteiger partial charge in [-0.15, -0.1) is 11.6 Å². The van der Waals surface area contributed by atoms with Gasteiger partial charge in [0.1, 0.15) is 0 Å². The van der Waals surface area contributed by atoms with Crippen LogP contribution in [0, 0.1) is 0 Å². The molecule has 2 aliphatic heterocycles. The summed E-state index contributed by atoms with van der Waals surface area (Å²) in [5.41, 5.74) is 0. The normalized spacial score (nSPS) is 28.9. The Bertz CT molecular complexity index is 328. The van der Waals surface area contributed by atoms with E-state index in [0.717, 1.165) is 19.5 Å². The topological polar surface area (TPSA) is 40.6 Å². The Balaban J connectivity index is 1.92. The minimum atomic E-state index is -3.10. The number of alkyl halides is 1. The van der Waals surface area contributed by atoms with E-state index in [1.807, 2.05) is 0 Å². The minimum absolute atomic E-state index is 0.0707. The standard InChI is InChI=1S/C10H19ClN2O2S/c11-4-8-16(14,15)13-7-3-10(9-13)12-5-1-2-6-12/h10H,1-9H2. The molecule has 0 aromatic carbocycles. The molecule has 2 saturated heterocycles. The molecule has 0 N–H and O–H groups in total. The highest BCUT2D eigenvalue weighted by molar-refractivity contribution is 7.89. The van der Waals surface area contributed by atoms with Gasteiger partial charge in [0.15, 0.2) is 0 Å². The van der Waals surface area contributed by atoms with E-state index in [1.165, 1.54) is 12.8 Å². The summed E-state index contributed by atoms with van der Waals surface area (Å²) in [6.07, 6.45) is 3.48. The highest BCUT2D eigenvalue weighted by Crippen LogP contribution is 2.22. The third-order valence-corrected chi connectivity index (χ3v) is 5.76. The van der Waals surface area contributed by atoms with Crippen LogP contribution in [0.15, 0.2) is 0 Å². The van der Waals surface area contributed by atoms with Gasteiger partial charge < -0.3 is 0 Å². The van der Waals surface area contributed by atoms with E-state index >= 15 is 0 Å². The zero-order valence-electron chi connectivity index (χ0n) is 9.44. The van der Waals surface area contributed by atoms with Crippen molar-refractivity contribution in [3.63, 3.8) is 0 Å². The van der Waals surface area contributed by atoms with Gasteiger partial charge in [-0.3, -0.25) is 4.90 Å². The van der Waals surface area contributed by atoms with Crippen molar-refractivity contribution >= 4 is 21.6 Å². The largest absolute Gasteiger partial charge is 0.299 e. The van der Waals surface area contributed by atoms with Gasteiger partial charge in [-0.05, 0) is 32.4 Å². The molecule has 2 heterocycles. The van der Waals surface area contributed by atoms with Gasteiger partial charge in [-0.1, -0.05) is 0 Å². The molecule has 0 bridgehead atoms. The van der Waals surface area contributed by atoms with Crippen molar-refractivity contribution in [2.75, 3.05) is 37.8 Å². The lowest BCUT2D eigenvalue weighted by Crippen LogP contribution is -2.38. The van der Waals surface area contributed by atoms with Gasteiger partial charge in [0.05, 0.1) is 5.75 Å². The maximum Gasteiger partial charge on any atom is 0.215 e. The number of hydrogen-bond donors (Lipinski definition) is 0. The van der Waals surface area contributed by atoms with Crippen molar-refractivity contribution in [1.82, 2.24) is 9.21 Å². The first-order valence-electron chi connectivity index (χ1n) is 5.91. The molecule has 0 saturated carbocycles. The van der Waals surface area contributed by atoms with Crippen molar-refractivity contribution in [2.45, 2.75) is 25.3 Å². The van der Waals surface area contributed by atoms with E-state index in [9.17, 15) is 8.42 Å². The van der Waals surface area contributed by atoms with Gasteiger partial charge in [0.25, 0.3) is 0 Å². The highest BCUT2D eigenvalue weighted by Gasteiger charge is 2.34. The second kappa shape index (κ2) is 5.21. The Kier molecular flexibility index (Phi) is 4.11. The van der Waals surface area contributed by atoms with Crippen LogP contribution < -0.4 is 0 Å². The lowest BCUT2D eigenvalue weighted by Gasteiger charge is -2.23. The van der Waals surface area contributed by atoms with E-state index in [0.29, 0.717) is 19.1 Å². The molecule has 6 heteroatoms. The molecule has 1 unspecified atom stereocenters. The molecule has 94 valence electrons. The molecule has 0 aromatic rings. The summed E-state index contributed by atoms with van der Waals surface area (Å²) in [5, 5.41) is 0. The SMILES string of the molecule is O=S(=O)(CCCl)N1CCC(N2CCCC2)C1. The van der Waals surface area contributed by atoms with Crippen LogP contribution >= 0.6 is 11.6 Å². The molecule has 2 aliphatic rings. The molecule has 0 radical (unpaired) electrons. The predicted octanol–water partition coefficient (Wildman–Crippen LogP) is 0.725. The minimum Gasteiger partial charge on any atom is -0.299 e. The first-order valence-corrected chi connectivity index (χ1v) is 8.06. The number of likely N-dealkylation sites (tertiary alicyclic amines) is 1. The van der Waals surface area contributed by atoms with Crippen molar-refractivity contribution in [3.8, 4) is 0 Å². The number of hydrogen-bond acceptors (Lipinski definition) is 3. The van der Waals surface area contributed by atoms with Gasteiger partial charge in [0, 0.05) is 25.0 Å². The average molecular weight is 267 g/mol. The quantitative estimate of drug-likeness (QED) is 0.705. The van der Waals surface area contributed by atoms with Crippen LogP contribution in [-0.4, -0.2) is 61.5 Å². The van der Waals surface area contributed by atoms with Crippen molar-refractivity contribution in [2.24, 2.45) is 0 Å². The van der Waals surface area contributed by atoms with Crippen LogP contribution in [0.25, 0.3) is 0 Å². The molecule has 0 aliphatic carbocycles. The molecule has 0 aromatic heterocycles. The Morgan fingerprint density at radius 3 is 2.50 bits per heavy atom.